The molecule has 3 N–H and O–H groups in total. The van der Waals surface area contributed by atoms with Crippen LogP contribution in [-0.2, 0) is 4.79 Å². The van der Waals surface area contributed by atoms with Gasteiger partial charge in [0, 0.05) is 17.3 Å². The van der Waals surface area contributed by atoms with Crippen LogP contribution in [0.1, 0.15) is 11.1 Å². The van der Waals surface area contributed by atoms with E-state index in [-0.39, 0.29) is 5.56 Å². The van der Waals surface area contributed by atoms with E-state index in [4.69, 9.17) is 10.8 Å². The fraction of sp³-hybridized carbons (Fsp3) is 0.100. The van der Waals surface area contributed by atoms with Crippen LogP contribution in [0.2, 0.25) is 0 Å². The van der Waals surface area contributed by atoms with E-state index in [0.717, 1.165) is 6.08 Å². The highest BCUT2D eigenvalue weighted by molar-refractivity contribution is 5.85. The highest BCUT2D eigenvalue weighted by atomic mass is 19.1. The number of benzene rings is 1. The summed E-state index contributed by atoms with van der Waals surface area (Å²) in [4.78, 5) is 10.2. The van der Waals surface area contributed by atoms with Gasteiger partial charge in [-0.15, -0.1) is 0 Å². The average Bonchev–Trinajstić information content (AvgIpc) is 2.09. The molecule has 74 valence electrons. The zero-order valence-electron chi connectivity index (χ0n) is 7.62. The molecule has 3 nitrogen and oxygen atoms in total. The van der Waals surface area contributed by atoms with Crippen molar-refractivity contribution in [1.29, 1.82) is 0 Å². The molecule has 14 heavy (non-hydrogen) atoms. The van der Waals surface area contributed by atoms with Crippen LogP contribution in [0.5, 0.6) is 0 Å². The van der Waals surface area contributed by atoms with Crippen molar-refractivity contribution in [2.24, 2.45) is 0 Å². The molecule has 0 spiro atoms. The first-order valence-corrected chi connectivity index (χ1v) is 3.97. The minimum absolute atomic E-state index is 0.176. The summed E-state index contributed by atoms with van der Waals surface area (Å²) >= 11 is 0. The molecule has 1 aromatic carbocycles. The third-order valence-electron chi connectivity index (χ3n) is 1.79. The molecule has 0 aliphatic rings. The number of aryl methyl sites for hydroxylation is 1. The summed E-state index contributed by atoms with van der Waals surface area (Å²) < 4.78 is 13.2. The predicted octanol–water partition coefficient (Wildman–Crippen LogP) is 1.81. The maximum absolute atomic E-state index is 13.2. The van der Waals surface area contributed by atoms with Gasteiger partial charge in [-0.1, -0.05) is 0 Å². The molecular weight excluding hydrogens is 185 g/mol. The molecule has 0 aromatic heterocycles. The van der Waals surface area contributed by atoms with Gasteiger partial charge in [0.05, 0.1) is 0 Å². The Morgan fingerprint density at radius 2 is 2.21 bits per heavy atom. The summed E-state index contributed by atoms with van der Waals surface area (Å²) in [7, 11) is 0. The average molecular weight is 195 g/mol. The molecule has 0 heterocycles. The second kappa shape index (κ2) is 3.91. The number of halogens is 1. The van der Waals surface area contributed by atoms with E-state index in [2.05, 4.69) is 0 Å². The van der Waals surface area contributed by atoms with Crippen LogP contribution in [0.15, 0.2) is 18.2 Å². The van der Waals surface area contributed by atoms with Crippen molar-refractivity contribution in [2.45, 2.75) is 6.92 Å². The van der Waals surface area contributed by atoms with Gasteiger partial charge in [-0.25, -0.2) is 9.18 Å². The summed E-state index contributed by atoms with van der Waals surface area (Å²) in [6, 6.07) is 2.68. The van der Waals surface area contributed by atoms with Gasteiger partial charge in [0.2, 0.25) is 0 Å². The molecule has 0 fully saturated rings. The minimum Gasteiger partial charge on any atom is -0.478 e. The Kier molecular flexibility index (Phi) is 2.86. The van der Waals surface area contributed by atoms with Gasteiger partial charge in [0.1, 0.15) is 5.82 Å². The van der Waals surface area contributed by atoms with Crippen LogP contribution in [0.25, 0.3) is 6.08 Å². The first-order chi connectivity index (χ1) is 6.50. The molecule has 0 amide bonds. The lowest BCUT2D eigenvalue weighted by Gasteiger charge is -2.02. The van der Waals surface area contributed by atoms with Crippen LogP contribution in [0, 0.1) is 12.7 Å². The number of anilines is 1. The Morgan fingerprint density at radius 3 is 2.79 bits per heavy atom. The first-order valence-electron chi connectivity index (χ1n) is 3.97. The molecule has 0 saturated heterocycles. The molecule has 0 aliphatic heterocycles. The lowest BCUT2D eigenvalue weighted by atomic mass is 10.1. The van der Waals surface area contributed by atoms with Crippen molar-refractivity contribution in [2.75, 3.05) is 5.73 Å². The quantitative estimate of drug-likeness (QED) is 0.558. The van der Waals surface area contributed by atoms with Crippen molar-refractivity contribution < 1.29 is 14.3 Å². The molecule has 0 saturated carbocycles. The Morgan fingerprint density at radius 1 is 1.57 bits per heavy atom. The number of carboxylic acids is 1. The monoisotopic (exact) mass is 195 g/mol. The van der Waals surface area contributed by atoms with Crippen molar-refractivity contribution in [3.05, 3.63) is 35.2 Å². The number of carbonyl (C=O) groups is 1. The molecule has 0 aliphatic carbocycles. The highest BCUT2D eigenvalue weighted by Gasteiger charge is 2.02. The third-order valence-corrected chi connectivity index (χ3v) is 1.79. The maximum atomic E-state index is 13.2. The van der Waals surface area contributed by atoms with Crippen LogP contribution < -0.4 is 5.73 Å². The fourth-order valence-corrected chi connectivity index (χ4v) is 0.996. The molecule has 0 bridgehead atoms. The zero-order valence-corrected chi connectivity index (χ0v) is 7.62. The molecule has 1 aromatic rings. The Labute approximate surface area is 80.7 Å². The summed E-state index contributed by atoms with van der Waals surface area (Å²) in [6.07, 6.45) is 2.04. The Hall–Kier alpha value is -1.84. The van der Waals surface area contributed by atoms with Gasteiger partial charge in [0.15, 0.2) is 0 Å². The molecule has 1 rings (SSSR count). The topological polar surface area (TPSA) is 63.3 Å². The zero-order chi connectivity index (χ0) is 10.7. The molecular formula is C10H10FNO2. The van der Waals surface area contributed by atoms with Crippen LogP contribution in [-0.4, -0.2) is 11.1 Å². The van der Waals surface area contributed by atoms with Crippen molar-refractivity contribution >= 4 is 17.7 Å². The van der Waals surface area contributed by atoms with E-state index in [1.54, 1.807) is 6.92 Å². The van der Waals surface area contributed by atoms with Gasteiger partial charge in [-0.2, -0.15) is 0 Å². The summed E-state index contributed by atoms with van der Waals surface area (Å²) in [5.74, 6) is -1.60. The van der Waals surface area contributed by atoms with Crippen LogP contribution in [0.3, 0.4) is 0 Å². The predicted molar refractivity (Wildman–Crippen MR) is 52.2 cm³/mol. The molecule has 0 radical (unpaired) electrons. The van der Waals surface area contributed by atoms with E-state index in [9.17, 15) is 9.18 Å². The van der Waals surface area contributed by atoms with Crippen molar-refractivity contribution in [3.63, 3.8) is 0 Å². The summed E-state index contributed by atoms with van der Waals surface area (Å²) in [6.45, 7) is 1.68. The molecule has 0 atom stereocenters. The van der Waals surface area contributed by atoms with Gasteiger partial charge in [-0.3, -0.25) is 0 Å². The fourth-order valence-electron chi connectivity index (χ4n) is 0.996. The number of hydrogen-bond donors (Lipinski definition) is 2. The van der Waals surface area contributed by atoms with Gasteiger partial charge in [0.25, 0.3) is 0 Å². The number of carboxylic acid groups (broad SMARTS) is 1. The molecule has 0 unspecified atom stereocenters. The molecule has 4 heteroatoms. The minimum atomic E-state index is -1.12. The smallest absolute Gasteiger partial charge is 0.328 e. The van der Waals surface area contributed by atoms with Gasteiger partial charge in [-0.05, 0) is 30.7 Å². The Bertz CT molecular complexity index is 399. The number of rotatable bonds is 2. The second-order valence-corrected chi connectivity index (χ2v) is 2.90. The number of aliphatic carboxylic acids is 1. The first kappa shape index (κ1) is 10.2. The van der Waals surface area contributed by atoms with E-state index in [1.165, 1.54) is 18.2 Å². The summed E-state index contributed by atoms with van der Waals surface area (Å²) in [5, 5.41) is 8.35. The second-order valence-electron chi connectivity index (χ2n) is 2.90. The van der Waals surface area contributed by atoms with Crippen LogP contribution in [0.4, 0.5) is 10.1 Å². The van der Waals surface area contributed by atoms with E-state index in [0.29, 0.717) is 11.3 Å². The maximum Gasteiger partial charge on any atom is 0.328 e. The largest absolute Gasteiger partial charge is 0.478 e. The summed E-state index contributed by atoms with van der Waals surface area (Å²) in [5.41, 5.74) is 6.80. The number of nitrogens with two attached hydrogens (primary N) is 1. The van der Waals surface area contributed by atoms with Gasteiger partial charge >= 0.3 is 5.97 Å². The number of hydrogen-bond acceptors (Lipinski definition) is 2. The van der Waals surface area contributed by atoms with E-state index in [1.807, 2.05) is 0 Å². The lowest BCUT2D eigenvalue weighted by Crippen LogP contribution is -1.94. The van der Waals surface area contributed by atoms with Crippen molar-refractivity contribution in [3.8, 4) is 0 Å². The van der Waals surface area contributed by atoms with Crippen LogP contribution >= 0.6 is 0 Å². The Balaban J connectivity index is 3.10. The SMILES string of the molecule is Cc1cc(F)c(C=CC(=O)O)cc1N. The standard InChI is InChI=1S/C10H10FNO2/c1-6-4-8(11)7(5-9(6)12)2-3-10(13)14/h2-5H,12H2,1H3,(H,13,14). The number of nitrogen functional groups attached to an aromatic ring is 1. The van der Waals surface area contributed by atoms with Crippen molar-refractivity contribution in [1.82, 2.24) is 0 Å². The normalized spacial score (nSPS) is 10.7. The van der Waals surface area contributed by atoms with Gasteiger partial charge < -0.3 is 10.8 Å². The third kappa shape index (κ3) is 2.32. The lowest BCUT2D eigenvalue weighted by molar-refractivity contribution is -0.131. The van der Waals surface area contributed by atoms with E-state index >= 15 is 0 Å². The highest BCUT2D eigenvalue weighted by Crippen LogP contribution is 2.18. The van der Waals surface area contributed by atoms with E-state index < -0.39 is 11.8 Å².